The third-order valence-electron chi connectivity index (χ3n) is 3.88. The van der Waals surface area contributed by atoms with Crippen LogP contribution in [-0.4, -0.2) is 22.5 Å². The summed E-state index contributed by atoms with van der Waals surface area (Å²) < 4.78 is 10.5. The average Bonchev–Trinajstić information content (AvgIpc) is 3.35. The lowest BCUT2D eigenvalue weighted by atomic mass is 10.2. The summed E-state index contributed by atoms with van der Waals surface area (Å²) in [5.74, 6) is 0.959. The molecule has 0 saturated carbocycles. The number of carbonyl (C=O) groups is 1. The van der Waals surface area contributed by atoms with Gasteiger partial charge in [0.05, 0.1) is 12.3 Å². The van der Waals surface area contributed by atoms with E-state index in [4.69, 9.17) is 8.94 Å². The highest BCUT2D eigenvalue weighted by Crippen LogP contribution is 2.35. The molecular weight excluding hydrogens is 300 g/mol. The summed E-state index contributed by atoms with van der Waals surface area (Å²) in [6, 6.07) is 9.44. The summed E-state index contributed by atoms with van der Waals surface area (Å²) in [7, 11) is 0. The molecule has 1 saturated heterocycles. The lowest BCUT2D eigenvalue weighted by Gasteiger charge is -2.22. The second kappa shape index (κ2) is 5.46. The summed E-state index contributed by atoms with van der Waals surface area (Å²) in [5, 5.41) is 5.95. The van der Waals surface area contributed by atoms with E-state index in [1.54, 1.807) is 35.8 Å². The van der Waals surface area contributed by atoms with E-state index in [0.29, 0.717) is 17.2 Å². The maximum atomic E-state index is 12.7. The van der Waals surface area contributed by atoms with Gasteiger partial charge in [-0.2, -0.15) is 0 Å². The first-order valence-electron chi connectivity index (χ1n) is 7.18. The first-order chi connectivity index (χ1) is 10.8. The summed E-state index contributed by atoms with van der Waals surface area (Å²) >= 11 is 1.69. The zero-order chi connectivity index (χ0) is 14.9. The number of aromatic nitrogens is 1. The van der Waals surface area contributed by atoms with Crippen molar-refractivity contribution in [1.29, 1.82) is 0 Å². The van der Waals surface area contributed by atoms with Crippen molar-refractivity contribution in [3.05, 3.63) is 52.5 Å². The normalized spacial score (nSPS) is 18.0. The maximum absolute atomic E-state index is 12.7. The number of thiophene rings is 1. The number of likely N-dealkylation sites (tertiary alicyclic amines) is 1. The maximum Gasteiger partial charge on any atom is 0.276 e. The van der Waals surface area contributed by atoms with Crippen LogP contribution in [0.3, 0.4) is 0 Å². The highest BCUT2D eigenvalue weighted by molar-refractivity contribution is 7.10. The topological polar surface area (TPSA) is 59.5 Å². The van der Waals surface area contributed by atoms with E-state index >= 15 is 0 Å². The Hall–Kier alpha value is -2.34. The summed E-state index contributed by atoms with van der Waals surface area (Å²) in [4.78, 5) is 15.8. The highest BCUT2D eigenvalue weighted by atomic mass is 32.1. The zero-order valence-electron chi connectivity index (χ0n) is 11.8. The van der Waals surface area contributed by atoms with Crippen LogP contribution in [-0.2, 0) is 0 Å². The molecule has 4 rings (SSSR count). The lowest BCUT2D eigenvalue weighted by molar-refractivity contribution is 0.0727. The Morgan fingerprint density at radius 1 is 1.32 bits per heavy atom. The number of nitrogens with zero attached hydrogens (tertiary/aromatic N) is 2. The fraction of sp³-hybridized carbons (Fsp3) is 0.250. The number of furan rings is 1. The Labute approximate surface area is 131 Å². The van der Waals surface area contributed by atoms with E-state index in [9.17, 15) is 4.79 Å². The molecule has 1 aliphatic rings. The Bertz CT molecular complexity index is 761. The van der Waals surface area contributed by atoms with Crippen LogP contribution in [0.2, 0.25) is 0 Å². The van der Waals surface area contributed by atoms with Crippen molar-refractivity contribution < 1.29 is 13.7 Å². The molecule has 0 radical (unpaired) electrons. The van der Waals surface area contributed by atoms with Crippen molar-refractivity contribution in [1.82, 2.24) is 10.1 Å². The van der Waals surface area contributed by atoms with E-state index < -0.39 is 0 Å². The van der Waals surface area contributed by atoms with Gasteiger partial charge in [0.2, 0.25) is 5.76 Å². The summed E-state index contributed by atoms with van der Waals surface area (Å²) in [6.45, 7) is 0.754. The number of amides is 1. The quantitative estimate of drug-likeness (QED) is 0.734. The lowest BCUT2D eigenvalue weighted by Crippen LogP contribution is -2.30. The smallest absolute Gasteiger partial charge is 0.276 e. The predicted octanol–water partition coefficient (Wildman–Crippen LogP) is 3.97. The van der Waals surface area contributed by atoms with Crippen LogP contribution in [0.15, 0.2) is 50.9 Å². The molecule has 22 heavy (non-hydrogen) atoms. The van der Waals surface area contributed by atoms with Crippen molar-refractivity contribution in [3.8, 4) is 11.5 Å². The number of hydrogen-bond donors (Lipinski definition) is 0. The Morgan fingerprint density at radius 3 is 3.05 bits per heavy atom. The predicted molar refractivity (Wildman–Crippen MR) is 81.5 cm³/mol. The Kier molecular flexibility index (Phi) is 3.31. The van der Waals surface area contributed by atoms with Gasteiger partial charge in [-0.25, -0.2) is 0 Å². The molecular formula is C16H14N2O3S. The summed E-state index contributed by atoms with van der Waals surface area (Å²) in [5.41, 5.74) is 0.329. The van der Waals surface area contributed by atoms with Gasteiger partial charge in [-0.3, -0.25) is 4.79 Å². The minimum Gasteiger partial charge on any atom is -0.461 e. The number of rotatable bonds is 3. The summed E-state index contributed by atoms with van der Waals surface area (Å²) in [6.07, 6.45) is 3.57. The van der Waals surface area contributed by atoms with E-state index in [-0.39, 0.29) is 11.9 Å². The molecule has 6 heteroatoms. The molecule has 0 spiro atoms. The van der Waals surface area contributed by atoms with Gasteiger partial charge < -0.3 is 13.8 Å². The van der Waals surface area contributed by atoms with Crippen molar-refractivity contribution in [3.63, 3.8) is 0 Å². The van der Waals surface area contributed by atoms with Crippen LogP contribution in [0.25, 0.3) is 11.5 Å². The SMILES string of the molecule is O=C(c1cc(-c2ccco2)on1)N1CCCC1c1cccs1. The van der Waals surface area contributed by atoms with Gasteiger partial charge in [0, 0.05) is 17.5 Å². The molecule has 1 amide bonds. The van der Waals surface area contributed by atoms with Gasteiger partial charge >= 0.3 is 0 Å². The average molecular weight is 314 g/mol. The van der Waals surface area contributed by atoms with Gasteiger partial charge in [-0.05, 0) is 36.4 Å². The first kappa shape index (κ1) is 13.3. The fourth-order valence-corrected chi connectivity index (χ4v) is 3.72. The largest absolute Gasteiger partial charge is 0.461 e. The van der Waals surface area contributed by atoms with Crippen LogP contribution in [0.5, 0.6) is 0 Å². The van der Waals surface area contributed by atoms with E-state index in [1.807, 2.05) is 16.3 Å². The third kappa shape index (κ3) is 2.25. The molecule has 0 bridgehead atoms. The van der Waals surface area contributed by atoms with Crippen molar-refractivity contribution in [2.24, 2.45) is 0 Å². The molecule has 1 atom stereocenters. The molecule has 4 heterocycles. The van der Waals surface area contributed by atoms with E-state index in [2.05, 4.69) is 11.2 Å². The highest BCUT2D eigenvalue weighted by Gasteiger charge is 2.32. The molecule has 112 valence electrons. The minimum atomic E-state index is -0.0857. The third-order valence-corrected chi connectivity index (χ3v) is 4.85. The van der Waals surface area contributed by atoms with Crippen LogP contribution >= 0.6 is 11.3 Å². The number of hydrogen-bond acceptors (Lipinski definition) is 5. The van der Waals surface area contributed by atoms with Crippen LogP contribution < -0.4 is 0 Å². The Morgan fingerprint density at radius 2 is 2.27 bits per heavy atom. The van der Waals surface area contributed by atoms with Crippen LogP contribution in [0, 0.1) is 0 Å². The van der Waals surface area contributed by atoms with E-state index in [1.165, 1.54) is 4.88 Å². The van der Waals surface area contributed by atoms with Gasteiger partial charge in [-0.1, -0.05) is 11.2 Å². The molecule has 0 aromatic carbocycles. The molecule has 0 aliphatic carbocycles. The molecule has 1 unspecified atom stereocenters. The monoisotopic (exact) mass is 314 g/mol. The molecule has 0 N–H and O–H groups in total. The van der Waals surface area contributed by atoms with Crippen LogP contribution in [0.1, 0.15) is 34.2 Å². The first-order valence-corrected chi connectivity index (χ1v) is 8.06. The Balaban J connectivity index is 1.59. The number of carbonyl (C=O) groups excluding carboxylic acids is 1. The van der Waals surface area contributed by atoms with E-state index in [0.717, 1.165) is 19.4 Å². The minimum absolute atomic E-state index is 0.0857. The zero-order valence-corrected chi connectivity index (χ0v) is 12.6. The van der Waals surface area contributed by atoms with Crippen molar-refractivity contribution in [2.75, 3.05) is 6.54 Å². The molecule has 1 aliphatic heterocycles. The van der Waals surface area contributed by atoms with Crippen LogP contribution in [0.4, 0.5) is 0 Å². The van der Waals surface area contributed by atoms with Gasteiger partial charge in [0.15, 0.2) is 11.5 Å². The van der Waals surface area contributed by atoms with Gasteiger partial charge in [-0.15, -0.1) is 11.3 Å². The van der Waals surface area contributed by atoms with Crippen molar-refractivity contribution >= 4 is 17.2 Å². The second-order valence-corrected chi connectivity index (χ2v) is 6.20. The van der Waals surface area contributed by atoms with Crippen molar-refractivity contribution in [2.45, 2.75) is 18.9 Å². The fourth-order valence-electron chi connectivity index (χ4n) is 2.84. The second-order valence-electron chi connectivity index (χ2n) is 5.23. The molecule has 1 fully saturated rings. The standard InChI is InChI=1S/C16H14N2O3S/c19-16(11-10-14(21-17-11)13-5-2-8-20-13)18-7-1-4-12(18)15-6-3-9-22-15/h2-3,5-6,8-10,12H,1,4,7H2. The van der Waals surface area contributed by atoms with Gasteiger partial charge in [0.25, 0.3) is 5.91 Å². The molecule has 3 aromatic heterocycles. The van der Waals surface area contributed by atoms with Gasteiger partial charge in [0.1, 0.15) is 0 Å². The molecule has 5 nitrogen and oxygen atoms in total. The molecule has 3 aromatic rings.